The van der Waals surface area contributed by atoms with E-state index in [0.29, 0.717) is 12.4 Å². The quantitative estimate of drug-likeness (QED) is 0.704. The third-order valence-electron chi connectivity index (χ3n) is 2.98. The predicted octanol–water partition coefficient (Wildman–Crippen LogP) is 0.712. The van der Waals surface area contributed by atoms with Crippen LogP contribution in [-0.4, -0.2) is 14.1 Å². The number of hydrogen-bond donors (Lipinski definition) is 0. The normalized spacial score (nSPS) is 15.9. The van der Waals surface area contributed by atoms with Gasteiger partial charge in [-0.25, -0.2) is 14.2 Å². The van der Waals surface area contributed by atoms with Crippen molar-refractivity contribution in [3.8, 4) is 0 Å². The third kappa shape index (κ3) is 1.81. The first-order valence-corrected chi connectivity index (χ1v) is 5.83. The molecule has 0 N–H and O–H groups in total. The van der Waals surface area contributed by atoms with E-state index in [2.05, 4.69) is 4.98 Å². The maximum atomic E-state index is 12.1. The Bertz CT molecular complexity index is 499. The van der Waals surface area contributed by atoms with Crippen molar-refractivity contribution in [2.24, 2.45) is 0 Å². The van der Waals surface area contributed by atoms with E-state index in [9.17, 15) is 9.59 Å². The van der Waals surface area contributed by atoms with Gasteiger partial charge >= 0.3 is 11.4 Å². The van der Waals surface area contributed by atoms with Crippen LogP contribution in [-0.2, 0) is 13.0 Å². The smallest absolute Gasteiger partial charge is 0.281 e. The van der Waals surface area contributed by atoms with Gasteiger partial charge in [-0.05, 0) is 26.7 Å². The Morgan fingerprint density at radius 2 is 1.94 bits per heavy atom. The van der Waals surface area contributed by atoms with Crippen molar-refractivity contribution in [3.63, 3.8) is 0 Å². The molecule has 16 heavy (non-hydrogen) atoms. The monoisotopic (exact) mass is 223 g/mol. The molecule has 0 saturated carbocycles. The molecule has 0 fully saturated rings. The van der Waals surface area contributed by atoms with E-state index in [-0.39, 0.29) is 11.7 Å². The molecule has 0 atom stereocenters. The second kappa shape index (κ2) is 4.23. The fourth-order valence-electron chi connectivity index (χ4n) is 2.13. The lowest BCUT2D eigenvalue weighted by atomic mass is 10.2. The topological polar surface area (TPSA) is 56.9 Å². The van der Waals surface area contributed by atoms with E-state index in [1.807, 2.05) is 13.8 Å². The van der Waals surface area contributed by atoms with Gasteiger partial charge in [0.25, 0.3) is 0 Å². The summed E-state index contributed by atoms with van der Waals surface area (Å²) in [5.74, 6) is 0.657. The third-order valence-corrected chi connectivity index (χ3v) is 2.98. The Hall–Kier alpha value is -1.39. The molecule has 5 heteroatoms. The van der Waals surface area contributed by atoms with E-state index >= 15 is 0 Å². The molecule has 2 rings (SSSR count). The highest BCUT2D eigenvalue weighted by Crippen LogP contribution is 2.09. The van der Waals surface area contributed by atoms with E-state index in [4.69, 9.17) is 0 Å². The van der Waals surface area contributed by atoms with Crippen LogP contribution in [0.1, 0.15) is 45.0 Å². The maximum Gasteiger partial charge on any atom is 0.353 e. The van der Waals surface area contributed by atoms with Gasteiger partial charge in [-0.1, -0.05) is 6.42 Å². The van der Waals surface area contributed by atoms with Crippen molar-refractivity contribution in [2.45, 2.75) is 52.1 Å². The summed E-state index contributed by atoms with van der Waals surface area (Å²) >= 11 is 0. The Labute approximate surface area is 93.7 Å². The SMILES string of the molecule is CC(C)n1c(=O)nc2n(c1=O)CCCCC2. The fraction of sp³-hybridized carbons (Fsp3) is 0.727. The van der Waals surface area contributed by atoms with Gasteiger partial charge in [-0.2, -0.15) is 4.98 Å². The Morgan fingerprint density at radius 1 is 1.19 bits per heavy atom. The minimum absolute atomic E-state index is 0.131. The molecule has 2 heterocycles. The van der Waals surface area contributed by atoms with Crippen molar-refractivity contribution >= 4 is 0 Å². The average molecular weight is 223 g/mol. The minimum Gasteiger partial charge on any atom is -0.281 e. The number of hydrogen-bond acceptors (Lipinski definition) is 3. The lowest BCUT2D eigenvalue weighted by Gasteiger charge is -2.13. The summed E-state index contributed by atoms with van der Waals surface area (Å²) in [4.78, 5) is 27.8. The lowest BCUT2D eigenvalue weighted by Crippen LogP contribution is -2.44. The predicted molar refractivity (Wildman–Crippen MR) is 60.7 cm³/mol. The largest absolute Gasteiger partial charge is 0.353 e. The summed E-state index contributed by atoms with van der Waals surface area (Å²) < 4.78 is 2.89. The van der Waals surface area contributed by atoms with E-state index in [0.717, 1.165) is 25.7 Å². The van der Waals surface area contributed by atoms with Gasteiger partial charge in [0, 0.05) is 19.0 Å². The molecular formula is C11H17N3O2. The number of rotatable bonds is 1. The maximum absolute atomic E-state index is 12.1. The van der Waals surface area contributed by atoms with Crippen molar-refractivity contribution in [3.05, 3.63) is 26.8 Å². The molecule has 0 aromatic carbocycles. The highest BCUT2D eigenvalue weighted by molar-refractivity contribution is 4.92. The van der Waals surface area contributed by atoms with Gasteiger partial charge in [0.05, 0.1) is 0 Å². The first kappa shape index (κ1) is 11.1. The van der Waals surface area contributed by atoms with Gasteiger partial charge in [0.2, 0.25) is 0 Å². The summed E-state index contributed by atoms with van der Waals surface area (Å²) in [6.45, 7) is 4.34. The highest BCUT2D eigenvalue weighted by Gasteiger charge is 2.16. The standard InChI is InChI=1S/C11H17N3O2/c1-8(2)14-10(15)12-9-6-4-3-5-7-13(9)11(14)16/h8H,3-7H2,1-2H3. The van der Waals surface area contributed by atoms with Crippen LogP contribution < -0.4 is 11.4 Å². The molecule has 88 valence electrons. The van der Waals surface area contributed by atoms with E-state index in [1.165, 1.54) is 4.57 Å². The van der Waals surface area contributed by atoms with Crippen molar-refractivity contribution < 1.29 is 0 Å². The van der Waals surface area contributed by atoms with Gasteiger partial charge in [0.1, 0.15) is 5.82 Å². The van der Waals surface area contributed by atoms with Crippen LogP contribution in [0.4, 0.5) is 0 Å². The zero-order chi connectivity index (χ0) is 11.7. The lowest BCUT2D eigenvalue weighted by molar-refractivity contribution is 0.468. The number of aromatic nitrogens is 3. The van der Waals surface area contributed by atoms with Crippen LogP contribution in [0.25, 0.3) is 0 Å². The van der Waals surface area contributed by atoms with E-state index in [1.54, 1.807) is 4.57 Å². The summed E-state index contributed by atoms with van der Waals surface area (Å²) in [7, 11) is 0. The molecule has 1 aliphatic rings. The van der Waals surface area contributed by atoms with Gasteiger partial charge in [-0.15, -0.1) is 0 Å². The first-order chi connectivity index (χ1) is 7.61. The molecule has 0 bridgehead atoms. The molecule has 1 aromatic heterocycles. The summed E-state index contributed by atoms with van der Waals surface area (Å²) in [5.41, 5.74) is -0.611. The molecule has 0 saturated heterocycles. The fourth-order valence-corrected chi connectivity index (χ4v) is 2.13. The molecule has 0 radical (unpaired) electrons. The Morgan fingerprint density at radius 3 is 2.62 bits per heavy atom. The van der Waals surface area contributed by atoms with Crippen LogP contribution in [0, 0.1) is 0 Å². The van der Waals surface area contributed by atoms with Crippen molar-refractivity contribution in [1.29, 1.82) is 0 Å². The van der Waals surface area contributed by atoms with Crippen molar-refractivity contribution in [2.75, 3.05) is 0 Å². The number of aryl methyl sites for hydroxylation is 1. The van der Waals surface area contributed by atoms with E-state index < -0.39 is 5.69 Å². The van der Waals surface area contributed by atoms with Crippen LogP contribution >= 0.6 is 0 Å². The second-order valence-electron chi connectivity index (χ2n) is 4.52. The van der Waals surface area contributed by atoms with Crippen LogP contribution in [0.5, 0.6) is 0 Å². The molecule has 0 unspecified atom stereocenters. The van der Waals surface area contributed by atoms with Gasteiger partial charge < -0.3 is 0 Å². The molecule has 1 aromatic rings. The first-order valence-electron chi connectivity index (χ1n) is 5.83. The molecule has 0 aliphatic carbocycles. The number of fused-ring (bicyclic) bond motifs is 1. The molecule has 1 aliphatic heterocycles. The Kier molecular flexibility index (Phi) is 2.94. The second-order valence-corrected chi connectivity index (χ2v) is 4.52. The van der Waals surface area contributed by atoms with Crippen molar-refractivity contribution in [1.82, 2.24) is 14.1 Å². The molecule has 0 amide bonds. The van der Waals surface area contributed by atoms with Gasteiger partial charge in [-0.3, -0.25) is 4.57 Å². The Balaban J connectivity index is 2.66. The van der Waals surface area contributed by atoms with Crippen LogP contribution in [0.15, 0.2) is 9.59 Å². The molecule has 5 nitrogen and oxygen atoms in total. The highest BCUT2D eigenvalue weighted by atomic mass is 16.2. The summed E-state index contributed by atoms with van der Waals surface area (Å²) in [5, 5.41) is 0. The minimum atomic E-state index is -0.409. The zero-order valence-corrected chi connectivity index (χ0v) is 9.77. The molecule has 0 spiro atoms. The summed E-state index contributed by atoms with van der Waals surface area (Å²) in [6, 6.07) is -0.131. The van der Waals surface area contributed by atoms with Crippen LogP contribution in [0.3, 0.4) is 0 Å². The van der Waals surface area contributed by atoms with Gasteiger partial charge in [0.15, 0.2) is 0 Å². The molecular weight excluding hydrogens is 206 g/mol. The summed E-state index contributed by atoms with van der Waals surface area (Å²) in [6.07, 6.45) is 3.84. The number of nitrogens with zero attached hydrogens (tertiary/aromatic N) is 3. The average Bonchev–Trinajstić information content (AvgIpc) is 2.42. The zero-order valence-electron chi connectivity index (χ0n) is 9.77. The van der Waals surface area contributed by atoms with Crippen LogP contribution in [0.2, 0.25) is 0 Å².